The number of benzene rings is 1. The predicted molar refractivity (Wildman–Crippen MR) is 97.9 cm³/mol. The van der Waals surface area contributed by atoms with Crippen LogP contribution in [-0.2, 0) is 17.8 Å². The van der Waals surface area contributed by atoms with Gasteiger partial charge in [-0.25, -0.2) is 4.79 Å². The lowest BCUT2D eigenvalue weighted by molar-refractivity contribution is 0.0599. The Kier molecular flexibility index (Phi) is 5.05. The van der Waals surface area contributed by atoms with E-state index in [1.165, 1.54) is 12.7 Å². The summed E-state index contributed by atoms with van der Waals surface area (Å²) in [7, 11) is 1.38. The number of methoxy groups -OCH3 is 1. The Morgan fingerprint density at radius 2 is 1.74 bits per heavy atom. The van der Waals surface area contributed by atoms with Gasteiger partial charge in [-0.05, 0) is 30.7 Å². The molecule has 7 heteroatoms. The zero-order chi connectivity index (χ0) is 18.8. The Bertz CT molecular complexity index is 824. The van der Waals surface area contributed by atoms with Crippen molar-refractivity contribution in [3.05, 3.63) is 46.9 Å². The van der Waals surface area contributed by atoms with Gasteiger partial charge in [-0.3, -0.25) is 9.80 Å². The summed E-state index contributed by atoms with van der Waals surface area (Å²) < 4.78 is 21.3. The Morgan fingerprint density at radius 3 is 2.48 bits per heavy atom. The van der Waals surface area contributed by atoms with Crippen LogP contribution in [0, 0.1) is 6.92 Å². The van der Waals surface area contributed by atoms with Crippen LogP contribution < -0.4 is 9.47 Å². The Balaban J connectivity index is 1.30. The second-order valence-corrected chi connectivity index (χ2v) is 6.91. The molecular weight excluding hydrogens is 348 g/mol. The molecule has 0 N–H and O–H groups in total. The van der Waals surface area contributed by atoms with Crippen LogP contribution in [0.4, 0.5) is 0 Å². The molecule has 7 nitrogen and oxygen atoms in total. The summed E-state index contributed by atoms with van der Waals surface area (Å²) in [6.07, 6.45) is 0. The average molecular weight is 372 g/mol. The van der Waals surface area contributed by atoms with E-state index < -0.39 is 0 Å². The van der Waals surface area contributed by atoms with Crippen LogP contribution in [0.2, 0.25) is 0 Å². The van der Waals surface area contributed by atoms with Gasteiger partial charge in [0.25, 0.3) is 0 Å². The number of piperazine rings is 1. The summed E-state index contributed by atoms with van der Waals surface area (Å²) in [6.45, 7) is 7.58. The molecule has 144 valence electrons. The van der Waals surface area contributed by atoms with Crippen molar-refractivity contribution in [1.29, 1.82) is 0 Å². The van der Waals surface area contributed by atoms with E-state index in [1.54, 1.807) is 13.0 Å². The molecule has 0 bridgehead atoms. The third-order valence-electron chi connectivity index (χ3n) is 5.06. The van der Waals surface area contributed by atoms with E-state index in [-0.39, 0.29) is 5.97 Å². The van der Waals surface area contributed by atoms with E-state index in [1.807, 2.05) is 6.07 Å². The molecule has 0 amide bonds. The highest BCUT2D eigenvalue weighted by Crippen LogP contribution is 2.32. The summed E-state index contributed by atoms with van der Waals surface area (Å²) in [4.78, 5) is 16.5. The van der Waals surface area contributed by atoms with Gasteiger partial charge in [-0.2, -0.15) is 0 Å². The molecule has 1 fully saturated rings. The number of fused-ring (bicyclic) bond motifs is 1. The van der Waals surface area contributed by atoms with E-state index in [4.69, 9.17) is 18.6 Å². The van der Waals surface area contributed by atoms with Crippen LogP contribution in [0.15, 0.2) is 28.7 Å². The average Bonchev–Trinajstić information content (AvgIpc) is 3.28. The first-order chi connectivity index (χ1) is 13.1. The molecule has 2 aliphatic heterocycles. The minimum Gasteiger partial charge on any atom is -0.465 e. The molecule has 0 unspecified atom stereocenters. The highest BCUT2D eigenvalue weighted by Gasteiger charge is 2.21. The topological polar surface area (TPSA) is 64.4 Å². The minimum absolute atomic E-state index is 0.307. The third kappa shape index (κ3) is 3.94. The Morgan fingerprint density at radius 1 is 1.04 bits per heavy atom. The highest BCUT2D eigenvalue weighted by atomic mass is 16.7. The summed E-state index contributed by atoms with van der Waals surface area (Å²) in [5.41, 5.74) is 1.74. The van der Waals surface area contributed by atoms with Gasteiger partial charge < -0.3 is 18.6 Å². The molecule has 1 aromatic heterocycles. The van der Waals surface area contributed by atoms with Crippen molar-refractivity contribution in [2.45, 2.75) is 20.0 Å². The van der Waals surface area contributed by atoms with Gasteiger partial charge in [-0.1, -0.05) is 6.07 Å². The maximum absolute atomic E-state index is 11.7. The van der Waals surface area contributed by atoms with E-state index >= 15 is 0 Å². The summed E-state index contributed by atoms with van der Waals surface area (Å²) in [5, 5.41) is 0. The van der Waals surface area contributed by atoms with Gasteiger partial charge in [0.1, 0.15) is 17.1 Å². The Labute approximate surface area is 158 Å². The van der Waals surface area contributed by atoms with Crippen LogP contribution >= 0.6 is 0 Å². The number of esters is 1. The number of rotatable bonds is 5. The fourth-order valence-electron chi connectivity index (χ4n) is 3.56. The molecule has 1 aromatic carbocycles. The van der Waals surface area contributed by atoms with Crippen molar-refractivity contribution in [2.24, 2.45) is 0 Å². The molecule has 4 rings (SSSR count). The SMILES string of the molecule is COC(=O)c1cc(CN2CCN(Cc3ccc4c(c3)OCO4)CC2)oc1C. The van der Waals surface area contributed by atoms with Gasteiger partial charge in [0.05, 0.1) is 13.7 Å². The largest absolute Gasteiger partial charge is 0.465 e. The fraction of sp³-hybridized carbons (Fsp3) is 0.450. The molecule has 2 aliphatic rings. The van der Waals surface area contributed by atoms with Crippen molar-refractivity contribution in [3.8, 4) is 11.5 Å². The quantitative estimate of drug-likeness (QED) is 0.747. The standard InChI is InChI=1S/C20H24N2O5/c1-14-17(20(23)24-2)10-16(27-14)12-22-7-5-21(6-8-22)11-15-3-4-18-19(9-15)26-13-25-18/h3-4,9-10H,5-8,11-13H2,1-2H3. The lowest BCUT2D eigenvalue weighted by Crippen LogP contribution is -2.45. The number of hydrogen-bond acceptors (Lipinski definition) is 7. The minimum atomic E-state index is -0.351. The van der Waals surface area contributed by atoms with Crippen LogP contribution in [0.3, 0.4) is 0 Å². The van der Waals surface area contributed by atoms with Gasteiger partial charge in [0.2, 0.25) is 6.79 Å². The zero-order valence-electron chi connectivity index (χ0n) is 15.7. The van der Waals surface area contributed by atoms with Crippen molar-refractivity contribution < 1.29 is 23.4 Å². The molecule has 0 spiro atoms. The number of hydrogen-bond donors (Lipinski definition) is 0. The lowest BCUT2D eigenvalue weighted by atomic mass is 10.1. The molecular formula is C20H24N2O5. The number of ether oxygens (including phenoxy) is 3. The van der Waals surface area contributed by atoms with Crippen LogP contribution in [-0.4, -0.2) is 55.9 Å². The monoisotopic (exact) mass is 372 g/mol. The Hall–Kier alpha value is -2.51. The molecule has 0 saturated carbocycles. The molecule has 27 heavy (non-hydrogen) atoms. The predicted octanol–water partition coefficient (Wildman–Crippen LogP) is 2.42. The molecule has 2 aromatic rings. The molecule has 3 heterocycles. The summed E-state index contributed by atoms with van der Waals surface area (Å²) in [5.74, 6) is 2.72. The van der Waals surface area contributed by atoms with E-state index in [9.17, 15) is 4.79 Å². The van der Waals surface area contributed by atoms with Crippen LogP contribution in [0.1, 0.15) is 27.4 Å². The highest BCUT2D eigenvalue weighted by molar-refractivity contribution is 5.90. The number of carbonyl (C=O) groups excluding carboxylic acids is 1. The number of carbonyl (C=O) groups is 1. The molecule has 0 aliphatic carbocycles. The van der Waals surface area contributed by atoms with Crippen LogP contribution in [0.5, 0.6) is 11.5 Å². The maximum Gasteiger partial charge on any atom is 0.341 e. The fourth-order valence-corrected chi connectivity index (χ4v) is 3.56. The van der Waals surface area contributed by atoms with Gasteiger partial charge in [-0.15, -0.1) is 0 Å². The van der Waals surface area contributed by atoms with E-state index in [2.05, 4.69) is 21.9 Å². The number of nitrogens with zero attached hydrogens (tertiary/aromatic N) is 2. The molecule has 0 atom stereocenters. The smallest absolute Gasteiger partial charge is 0.341 e. The maximum atomic E-state index is 11.7. The van der Waals surface area contributed by atoms with Crippen molar-refractivity contribution >= 4 is 5.97 Å². The zero-order valence-corrected chi connectivity index (χ0v) is 15.7. The first kappa shape index (κ1) is 17.9. The van der Waals surface area contributed by atoms with Gasteiger partial charge in [0, 0.05) is 32.7 Å². The van der Waals surface area contributed by atoms with Crippen molar-refractivity contribution in [3.63, 3.8) is 0 Å². The summed E-state index contributed by atoms with van der Waals surface area (Å²) >= 11 is 0. The van der Waals surface area contributed by atoms with E-state index in [0.717, 1.165) is 50.0 Å². The second kappa shape index (κ2) is 7.62. The first-order valence-electron chi connectivity index (χ1n) is 9.13. The first-order valence-corrected chi connectivity index (χ1v) is 9.13. The third-order valence-corrected chi connectivity index (χ3v) is 5.06. The molecule has 1 saturated heterocycles. The number of furan rings is 1. The summed E-state index contributed by atoms with van der Waals surface area (Å²) in [6, 6.07) is 7.93. The van der Waals surface area contributed by atoms with Gasteiger partial charge in [0.15, 0.2) is 11.5 Å². The normalized spacial score (nSPS) is 17.3. The van der Waals surface area contributed by atoms with E-state index in [0.29, 0.717) is 24.7 Å². The van der Waals surface area contributed by atoms with Gasteiger partial charge >= 0.3 is 5.97 Å². The second-order valence-electron chi connectivity index (χ2n) is 6.91. The lowest BCUT2D eigenvalue weighted by Gasteiger charge is -2.34. The van der Waals surface area contributed by atoms with Crippen molar-refractivity contribution in [2.75, 3.05) is 40.1 Å². The van der Waals surface area contributed by atoms with Crippen LogP contribution in [0.25, 0.3) is 0 Å². The van der Waals surface area contributed by atoms with Crippen molar-refractivity contribution in [1.82, 2.24) is 9.80 Å². The number of aryl methyl sites for hydroxylation is 1. The molecule has 0 radical (unpaired) electrons.